The number of morpholine rings is 1. The lowest BCUT2D eigenvalue weighted by molar-refractivity contribution is -0.140. The van der Waals surface area contributed by atoms with Gasteiger partial charge in [0.15, 0.2) is 0 Å². The summed E-state index contributed by atoms with van der Waals surface area (Å²) in [7, 11) is 0. The van der Waals surface area contributed by atoms with E-state index in [2.05, 4.69) is 6.92 Å². The molecular formula is C24H36N2O6S. The van der Waals surface area contributed by atoms with E-state index in [1.807, 2.05) is 20.8 Å². The number of carboxylic acids is 1. The quantitative estimate of drug-likeness (QED) is 0.648. The summed E-state index contributed by atoms with van der Waals surface area (Å²) < 4.78 is 5.34. The number of nitrogens with zero attached hydrogens (tertiary/aromatic N) is 2. The van der Waals surface area contributed by atoms with Crippen LogP contribution >= 0.6 is 11.3 Å². The van der Waals surface area contributed by atoms with Crippen molar-refractivity contribution < 1.29 is 29.3 Å². The molecule has 2 N–H and O–H groups in total. The minimum atomic E-state index is -1.17. The van der Waals surface area contributed by atoms with Crippen molar-refractivity contribution in [1.29, 1.82) is 0 Å². The highest BCUT2D eigenvalue weighted by Gasteiger charge is 2.40. The molecule has 8 nitrogen and oxygen atoms in total. The van der Waals surface area contributed by atoms with E-state index in [4.69, 9.17) is 4.74 Å². The van der Waals surface area contributed by atoms with Crippen molar-refractivity contribution >= 4 is 34.8 Å². The van der Waals surface area contributed by atoms with Crippen molar-refractivity contribution in [1.82, 2.24) is 4.90 Å². The van der Waals surface area contributed by atoms with Crippen molar-refractivity contribution in [2.24, 2.45) is 11.8 Å². The molecule has 1 atom stereocenters. The maximum absolute atomic E-state index is 13.9. The first-order valence-electron chi connectivity index (χ1n) is 11.7. The predicted octanol–water partition coefficient (Wildman–Crippen LogP) is 3.12. The van der Waals surface area contributed by atoms with E-state index in [-0.39, 0.29) is 33.7 Å². The number of thiophene rings is 1. The van der Waals surface area contributed by atoms with Crippen molar-refractivity contribution in [3.05, 3.63) is 15.8 Å². The van der Waals surface area contributed by atoms with E-state index < -0.39 is 18.6 Å². The number of carbonyl (C=O) groups is 3. The molecule has 1 saturated carbocycles. The SMILES string of the molecule is CC(C)(C)c1cc(N(C(=O)[C@H]2CC[C@H](C)CC2)[C@@H](CO)C(=O)N2CCOCC2)c(C(=O)O)s1. The molecule has 2 fully saturated rings. The van der Waals surface area contributed by atoms with Gasteiger partial charge in [-0.2, -0.15) is 0 Å². The minimum Gasteiger partial charge on any atom is -0.477 e. The number of carbonyl (C=O) groups excluding carboxylic acids is 2. The minimum absolute atomic E-state index is 0.0191. The van der Waals surface area contributed by atoms with Crippen molar-refractivity contribution in [3.63, 3.8) is 0 Å². The van der Waals surface area contributed by atoms with Gasteiger partial charge < -0.3 is 19.8 Å². The van der Waals surface area contributed by atoms with Crippen LogP contribution in [0.4, 0.5) is 5.69 Å². The Bertz CT molecular complexity index is 863. The number of rotatable bonds is 6. The Labute approximate surface area is 199 Å². The molecule has 0 unspecified atom stereocenters. The highest BCUT2D eigenvalue weighted by atomic mass is 32.1. The zero-order valence-electron chi connectivity index (χ0n) is 20.0. The van der Waals surface area contributed by atoms with Crippen LogP contribution in [0.1, 0.15) is 67.9 Å². The molecular weight excluding hydrogens is 444 g/mol. The Kier molecular flexibility index (Phi) is 8.18. The number of amides is 2. The van der Waals surface area contributed by atoms with Crippen LogP contribution < -0.4 is 4.90 Å². The van der Waals surface area contributed by atoms with Crippen LogP contribution in [0.25, 0.3) is 0 Å². The van der Waals surface area contributed by atoms with Gasteiger partial charge in [-0.3, -0.25) is 14.5 Å². The number of aliphatic hydroxyl groups excluding tert-OH is 1. The van der Waals surface area contributed by atoms with Gasteiger partial charge in [0.1, 0.15) is 10.9 Å². The van der Waals surface area contributed by atoms with Crippen molar-refractivity contribution in [3.8, 4) is 0 Å². The van der Waals surface area contributed by atoms with Crippen LogP contribution in [-0.4, -0.2) is 71.8 Å². The first-order chi connectivity index (χ1) is 15.5. The average Bonchev–Trinajstić information content (AvgIpc) is 3.23. The van der Waals surface area contributed by atoms with Crippen molar-refractivity contribution in [2.75, 3.05) is 37.8 Å². The van der Waals surface area contributed by atoms with Gasteiger partial charge in [-0.25, -0.2) is 4.79 Å². The summed E-state index contributed by atoms with van der Waals surface area (Å²) in [6.45, 7) is 9.05. The van der Waals surface area contributed by atoms with Crippen LogP contribution in [0.3, 0.4) is 0 Å². The molecule has 0 radical (unpaired) electrons. The molecule has 0 bridgehead atoms. The monoisotopic (exact) mass is 480 g/mol. The fraction of sp³-hybridized carbons (Fsp3) is 0.708. The van der Waals surface area contributed by atoms with Gasteiger partial charge in [0, 0.05) is 23.9 Å². The second-order valence-corrected chi connectivity index (χ2v) is 11.2. The molecule has 9 heteroatoms. The second kappa shape index (κ2) is 10.5. The number of hydrogen-bond acceptors (Lipinski definition) is 6. The third kappa shape index (κ3) is 5.75. The molecule has 1 aliphatic carbocycles. The first-order valence-corrected chi connectivity index (χ1v) is 12.5. The molecule has 33 heavy (non-hydrogen) atoms. The molecule has 0 spiro atoms. The molecule has 184 valence electrons. The zero-order valence-corrected chi connectivity index (χ0v) is 20.8. The topological polar surface area (TPSA) is 107 Å². The highest BCUT2D eigenvalue weighted by Crippen LogP contribution is 2.40. The molecule has 2 heterocycles. The summed E-state index contributed by atoms with van der Waals surface area (Å²) in [6.07, 6.45) is 3.21. The number of carboxylic acid groups (broad SMARTS) is 1. The zero-order chi connectivity index (χ0) is 24.3. The average molecular weight is 481 g/mol. The van der Waals surface area contributed by atoms with Gasteiger partial charge in [-0.15, -0.1) is 11.3 Å². The highest BCUT2D eigenvalue weighted by molar-refractivity contribution is 7.14. The molecule has 1 aromatic rings. The van der Waals surface area contributed by atoms with Gasteiger partial charge >= 0.3 is 5.97 Å². The van der Waals surface area contributed by atoms with E-state index in [1.54, 1.807) is 11.0 Å². The molecule has 2 amide bonds. The summed E-state index contributed by atoms with van der Waals surface area (Å²) in [5.74, 6) is -1.56. The van der Waals surface area contributed by atoms with Crippen LogP contribution in [0.5, 0.6) is 0 Å². The van der Waals surface area contributed by atoms with Gasteiger partial charge in [-0.05, 0) is 43.1 Å². The van der Waals surface area contributed by atoms with Crippen LogP contribution in [-0.2, 0) is 19.7 Å². The maximum atomic E-state index is 13.9. The van der Waals surface area contributed by atoms with E-state index in [1.165, 1.54) is 4.90 Å². The Morgan fingerprint density at radius 2 is 1.79 bits per heavy atom. The Balaban J connectivity index is 2.06. The van der Waals surface area contributed by atoms with Crippen LogP contribution in [0.2, 0.25) is 0 Å². The fourth-order valence-electron chi connectivity index (χ4n) is 4.49. The fourth-order valence-corrected chi connectivity index (χ4v) is 5.54. The van der Waals surface area contributed by atoms with E-state index in [0.717, 1.165) is 29.1 Å². The molecule has 0 aromatic carbocycles. The smallest absolute Gasteiger partial charge is 0.348 e. The van der Waals surface area contributed by atoms with Gasteiger partial charge in [-0.1, -0.05) is 27.7 Å². The van der Waals surface area contributed by atoms with E-state index >= 15 is 0 Å². The van der Waals surface area contributed by atoms with Crippen molar-refractivity contribution in [2.45, 2.75) is 64.8 Å². The molecule has 1 aliphatic heterocycles. The number of aliphatic hydroxyl groups is 1. The first kappa shape index (κ1) is 25.6. The number of anilines is 1. The lowest BCUT2D eigenvalue weighted by Crippen LogP contribution is -2.56. The summed E-state index contributed by atoms with van der Waals surface area (Å²) in [5, 5.41) is 20.3. The third-order valence-electron chi connectivity index (χ3n) is 6.60. The van der Waals surface area contributed by atoms with Gasteiger partial charge in [0.05, 0.1) is 25.5 Å². The number of ether oxygens (including phenoxy) is 1. The number of aromatic carboxylic acids is 1. The maximum Gasteiger partial charge on any atom is 0.348 e. The molecule has 3 rings (SSSR count). The van der Waals surface area contributed by atoms with Crippen LogP contribution in [0.15, 0.2) is 6.07 Å². The summed E-state index contributed by atoms with van der Waals surface area (Å²) in [6, 6.07) is 0.544. The normalized spacial score (nSPS) is 22.6. The molecule has 2 aliphatic rings. The van der Waals surface area contributed by atoms with E-state index in [9.17, 15) is 24.6 Å². The summed E-state index contributed by atoms with van der Waals surface area (Å²) in [4.78, 5) is 43.2. The molecule has 1 aromatic heterocycles. The molecule has 1 saturated heterocycles. The Hall–Kier alpha value is -1.97. The summed E-state index contributed by atoms with van der Waals surface area (Å²) >= 11 is 1.12. The Morgan fingerprint density at radius 1 is 1.18 bits per heavy atom. The van der Waals surface area contributed by atoms with Crippen LogP contribution in [0, 0.1) is 11.8 Å². The second-order valence-electron chi connectivity index (χ2n) is 10.2. The van der Waals surface area contributed by atoms with E-state index in [0.29, 0.717) is 45.1 Å². The third-order valence-corrected chi connectivity index (χ3v) is 8.14. The standard InChI is InChI=1S/C24H36N2O6S/c1-15-5-7-16(8-6-15)21(28)26(18(14-27)22(29)25-9-11-32-12-10-25)17-13-19(24(2,3)4)33-20(17)23(30)31/h13,15-16,18,27H,5-12,14H2,1-4H3,(H,30,31)/t15-,16-,18-/m0/s1. The lowest BCUT2D eigenvalue weighted by atomic mass is 9.82. The lowest BCUT2D eigenvalue weighted by Gasteiger charge is -2.37. The van der Waals surface area contributed by atoms with Gasteiger partial charge in [0.2, 0.25) is 11.8 Å². The summed E-state index contributed by atoms with van der Waals surface area (Å²) in [5.41, 5.74) is -0.118. The largest absolute Gasteiger partial charge is 0.477 e. The van der Waals surface area contributed by atoms with Gasteiger partial charge in [0.25, 0.3) is 0 Å². The number of hydrogen-bond donors (Lipinski definition) is 2. The Morgan fingerprint density at radius 3 is 2.30 bits per heavy atom. The predicted molar refractivity (Wildman–Crippen MR) is 127 cm³/mol.